The van der Waals surface area contributed by atoms with Gasteiger partial charge in [0.2, 0.25) is 5.91 Å². The molecule has 0 unspecified atom stereocenters. The van der Waals surface area contributed by atoms with Crippen molar-refractivity contribution < 1.29 is 14.7 Å². The van der Waals surface area contributed by atoms with Gasteiger partial charge in [-0.05, 0) is 5.56 Å². The molecule has 1 aromatic carbocycles. The lowest BCUT2D eigenvalue weighted by molar-refractivity contribution is -0.137. The number of rotatable bonds is 6. The zero-order valence-corrected chi connectivity index (χ0v) is 13.3. The van der Waals surface area contributed by atoms with Gasteiger partial charge in [0.05, 0.1) is 11.9 Å². The van der Waals surface area contributed by atoms with Crippen LogP contribution < -0.4 is 10.6 Å². The first-order valence-corrected chi connectivity index (χ1v) is 8.03. The number of thiophene rings is 1. The Morgan fingerprint density at radius 1 is 1.12 bits per heavy atom. The van der Waals surface area contributed by atoms with Crippen LogP contribution in [0.3, 0.4) is 0 Å². The Balaban J connectivity index is 1.85. The number of benzene rings is 1. The van der Waals surface area contributed by atoms with Gasteiger partial charge >= 0.3 is 5.97 Å². The number of aromatic nitrogens is 2. The highest BCUT2D eigenvalue weighted by Crippen LogP contribution is 2.36. The van der Waals surface area contributed by atoms with E-state index in [1.165, 1.54) is 17.7 Å². The van der Waals surface area contributed by atoms with Gasteiger partial charge in [0, 0.05) is 10.9 Å². The van der Waals surface area contributed by atoms with Gasteiger partial charge in [-0.25, -0.2) is 9.97 Å². The number of carboxylic acid groups (broad SMARTS) is 1. The highest BCUT2D eigenvalue weighted by Gasteiger charge is 2.13. The number of hydrogen-bond donors (Lipinski definition) is 3. The van der Waals surface area contributed by atoms with Crippen LogP contribution in [0, 0.1) is 0 Å². The summed E-state index contributed by atoms with van der Waals surface area (Å²) >= 11 is 1.50. The second-order valence-electron chi connectivity index (χ2n) is 4.94. The van der Waals surface area contributed by atoms with Crippen LogP contribution in [0.15, 0.2) is 42.0 Å². The third-order valence-electron chi connectivity index (χ3n) is 3.31. The van der Waals surface area contributed by atoms with Gasteiger partial charge in [-0.1, -0.05) is 30.3 Å². The van der Waals surface area contributed by atoms with E-state index in [1.807, 2.05) is 35.7 Å². The van der Waals surface area contributed by atoms with Gasteiger partial charge in [0.1, 0.15) is 23.5 Å². The van der Waals surface area contributed by atoms with E-state index in [9.17, 15) is 9.59 Å². The van der Waals surface area contributed by atoms with Crippen LogP contribution in [0.5, 0.6) is 0 Å². The highest BCUT2D eigenvalue weighted by molar-refractivity contribution is 7.17. The molecule has 122 valence electrons. The van der Waals surface area contributed by atoms with Crippen molar-refractivity contribution >= 4 is 39.2 Å². The fourth-order valence-corrected chi connectivity index (χ4v) is 3.16. The van der Waals surface area contributed by atoms with Gasteiger partial charge in [-0.15, -0.1) is 11.3 Å². The minimum atomic E-state index is -1.09. The van der Waals surface area contributed by atoms with Crippen molar-refractivity contribution in [3.05, 3.63) is 42.0 Å². The zero-order valence-electron chi connectivity index (χ0n) is 12.5. The maximum atomic E-state index is 11.7. The van der Waals surface area contributed by atoms with Crippen molar-refractivity contribution in [1.82, 2.24) is 15.3 Å². The van der Waals surface area contributed by atoms with Gasteiger partial charge in [0.15, 0.2) is 0 Å². The quantitative estimate of drug-likeness (QED) is 0.633. The number of carbonyl (C=O) groups excluding carboxylic acids is 1. The maximum absolute atomic E-state index is 11.7. The Morgan fingerprint density at radius 2 is 1.92 bits per heavy atom. The lowest BCUT2D eigenvalue weighted by Gasteiger charge is -2.08. The van der Waals surface area contributed by atoms with E-state index in [1.54, 1.807) is 0 Å². The number of fused-ring (bicyclic) bond motifs is 1. The molecular formula is C16H14N4O3S. The Hall–Kier alpha value is -3.00. The lowest BCUT2D eigenvalue weighted by atomic mass is 10.1. The van der Waals surface area contributed by atoms with Gasteiger partial charge in [0.25, 0.3) is 0 Å². The molecule has 2 aromatic heterocycles. The molecule has 3 N–H and O–H groups in total. The molecule has 3 aromatic rings. The second-order valence-corrected chi connectivity index (χ2v) is 5.80. The molecule has 0 fully saturated rings. The van der Waals surface area contributed by atoms with E-state index in [-0.39, 0.29) is 6.54 Å². The first-order valence-electron chi connectivity index (χ1n) is 7.15. The van der Waals surface area contributed by atoms with E-state index >= 15 is 0 Å². The first-order chi connectivity index (χ1) is 11.6. The minimum Gasteiger partial charge on any atom is -0.480 e. The summed E-state index contributed by atoms with van der Waals surface area (Å²) in [5.41, 5.74) is 2.03. The summed E-state index contributed by atoms with van der Waals surface area (Å²) in [6, 6.07) is 9.85. The molecule has 8 heteroatoms. The Bertz CT molecular complexity index is 879. The normalized spacial score (nSPS) is 10.5. The van der Waals surface area contributed by atoms with Crippen LogP contribution >= 0.6 is 11.3 Å². The predicted octanol–water partition coefficient (Wildman–Crippen LogP) is 1.97. The average molecular weight is 342 g/mol. The monoisotopic (exact) mass is 342 g/mol. The summed E-state index contributed by atoms with van der Waals surface area (Å²) in [5, 5.41) is 16.7. The molecule has 1 amide bonds. The van der Waals surface area contributed by atoms with Crippen molar-refractivity contribution in [2.45, 2.75) is 0 Å². The molecule has 0 radical (unpaired) electrons. The summed E-state index contributed by atoms with van der Waals surface area (Å²) in [5.74, 6) is -0.955. The Kier molecular flexibility index (Phi) is 4.66. The number of amides is 1. The predicted molar refractivity (Wildman–Crippen MR) is 92.0 cm³/mol. The van der Waals surface area contributed by atoms with Gasteiger partial charge < -0.3 is 15.7 Å². The molecule has 3 rings (SSSR count). The van der Waals surface area contributed by atoms with Crippen LogP contribution in [0.2, 0.25) is 0 Å². The summed E-state index contributed by atoms with van der Waals surface area (Å²) in [4.78, 5) is 31.4. The molecule has 0 aliphatic rings. The van der Waals surface area contributed by atoms with E-state index in [0.29, 0.717) is 5.82 Å². The topological polar surface area (TPSA) is 104 Å². The average Bonchev–Trinajstić information content (AvgIpc) is 3.03. The Labute approximate surface area is 141 Å². The largest absolute Gasteiger partial charge is 0.480 e. The Morgan fingerprint density at radius 3 is 2.67 bits per heavy atom. The molecule has 7 nitrogen and oxygen atoms in total. The van der Waals surface area contributed by atoms with Gasteiger partial charge in [-0.2, -0.15) is 0 Å². The molecule has 0 saturated carbocycles. The standard InChI is InChI=1S/C16H14N4O3S/c21-12(17-7-13(22)23)6-18-15-14-11(10-4-2-1-3-5-10)8-24-16(14)20-9-19-15/h1-5,8-9H,6-7H2,(H,17,21)(H,22,23)(H,18,19,20). The fourth-order valence-electron chi connectivity index (χ4n) is 2.24. The van der Waals surface area contributed by atoms with Crippen LogP contribution in [0.1, 0.15) is 0 Å². The highest BCUT2D eigenvalue weighted by atomic mass is 32.1. The van der Waals surface area contributed by atoms with E-state index in [4.69, 9.17) is 5.11 Å². The molecule has 0 saturated heterocycles. The molecule has 0 bridgehead atoms. The number of carboxylic acids is 1. The second kappa shape index (κ2) is 7.05. The van der Waals surface area contributed by atoms with Crippen molar-refractivity contribution in [2.75, 3.05) is 18.4 Å². The van der Waals surface area contributed by atoms with E-state index < -0.39 is 18.4 Å². The van der Waals surface area contributed by atoms with Crippen molar-refractivity contribution in [3.63, 3.8) is 0 Å². The molecule has 2 heterocycles. The number of carbonyl (C=O) groups is 2. The zero-order chi connectivity index (χ0) is 16.9. The molecular weight excluding hydrogens is 328 g/mol. The molecule has 0 aliphatic heterocycles. The third-order valence-corrected chi connectivity index (χ3v) is 4.19. The summed E-state index contributed by atoms with van der Waals surface area (Å²) < 4.78 is 0. The molecule has 0 atom stereocenters. The molecule has 0 aliphatic carbocycles. The fraction of sp³-hybridized carbons (Fsp3) is 0.125. The van der Waals surface area contributed by atoms with E-state index in [0.717, 1.165) is 21.3 Å². The lowest BCUT2D eigenvalue weighted by Crippen LogP contribution is -2.34. The van der Waals surface area contributed by atoms with Crippen LogP contribution in [0.4, 0.5) is 5.82 Å². The number of aliphatic carboxylic acids is 1. The van der Waals surface area contributed by atoms with Crippen LogP contribution in [0.25, 0.3) is 21.3 Å². The van der Waals surface area contributed by atoms with E-state index in [2.05, 4.69) is 20.6 Å². The number of nitrogens with zero attached hydrogens (tertiary/aromatic N) is 2. The third kappa shape index (κ3) is 3.49. The molecule has 0 spiro atoms. The summed E-state index contributed by atoms with van der Waals surface area (Å²) in [6.45, 7) is -0.475. The van der Waals surface area contributed by atoms with Crippen LogP contribution in [-0.2, 0) is 9.59 Å². The van der Waals surface area contributed by atoms with Gasteiger partial charge in [-0.3, -0.25) is 9.59 Å². The SMILES string of the molecule is O=C(O)CNC(=O)CNc1ncnc2scc(-c3ccccc3)c12. The summed E-state index contributed by atoms with van der Waals surface area (Å²) in [7, 11) is 0. The number of anilines is 1. The van der Waals surface area contributed by atoms with Crippen molar-refractivity contribution in [1.29, 1.82) is 0 Å². The number of nitrogens with one attached hydrogen (secondary N) is 2. The smallest absolute Gasteiger partial charge is 0.322 e. The summed E-state index contributed by atoms with van der Waals surface area (Å²) in [6.07, 6.45) is 1.44. The minimum absolute atomic E-state index is 0.0660. The van der Waals surface area contributed by atoms with Crippen molar-refractivity contribution in [2.24, 2.45) is 0 Å². The van der Waals surface area contributed by atoms with Crippen LogP contribution in [-0.4, -0.2) is 40.0 Å². The number of hydrogen-bond acceptors (Lipinski definition) is 6. The maximum Gasteiger partial charge on any atom is 0.322 e. The molecule has 24 heavy (non-hydrogen) atoms. The first kappa shape index (κ1) is 15.9. The van der Waals surface area contributed by atoms with Crippen molar-refractivity contribution in [3.8, 4) is 11.1 Å².